The third-order valence-electron chi connectivity index (χ3n) is 13.3. The van der Waals surface area contributed by atoms with Gasteiger partial charge in [-0.05, 0) is 77.0 Å². The first-order chi connectivity index (χ1) is 34.2. The van der Waals surface area contributed by atoms with E-state index in [0.717, 1.165) is 64.2 Å². The smallest absolute Gasteiger partial charge is 0.302 e. The predicted octanol–water partition coefficient (Wildman–Crippen LogP) is 22.2. The van der Waals surface area contributed by atoms with Crippen molar-refractivity contribution >= 4 is 15.6 Å². The Morgan fingerprint density at radius 2 is 0.386 bits per heavy atom. The molecule has 70 heavy (non-hydrogen) atoms. The van der Waals surface area contributed by atoms with Crippen LogP contribution in [-0.2, 0) is 27.2 Å². The average Bonchev–Trinajstić information content (AvgIpc) is 3.34. The molecule has 0 unspecified atom stereocenters. The van der Waals surface area contributed by atoms with Crippen molar-refractivity contribution < 1.29 is 37.0 Å². The van der Waals surface area contributed by atoms with Crippen LogP contribution < -0.4 is 0 Å². The minimum atomic E-state index is -3.89. The fourth-order valence-corrected chi connectivity index (χ4v) is 10.3. The minimum Gasteiger partial charge on any atom is -0.302 e. The van der Waals surface area contributed by atoms with E-state index in [1.165, 1.54) is 244 Å². The van der Waals surface area contributed by atoms with E-state index < -0.39 is 15.6 Å². The Morgan fingerprint density at radius 1 is 0.243 bits per heavy atom. The zero-order valence-electron chi connectivity index (χ0n) is 47.3. The number of unbranched alkanes of at least 4 members (excludes halogenated alkanes) is 42. The van der Waals surface area contributed by atoms with Gasteiger partial charge in [0.1, 0.15) is 0 Å². The highest BCUT2D eigenvalue weighted by Crippen LogP contribution is 2.44. The second-order valence-electron chi connectivity index (χ2n) is 20.5. The first-order valence-electron chi connectivity index (χ1n) is 30.8. The molecule has 8 nitrogen and oxygen atoms in total. The molecule has 0 spiro atoms. The largest absolute Gasteiger partial charge is 0.472 e. The summed E-state index contributed by atoms with van der Waals surface area (Å²) >= 11 is 0. The summed E-state index contributed by atoms with van der Waals surface area (Å²) in [5.74, 6) is 0. The van der Waals surface area contributed by atoms with Gasteiger partial charge >= 0.3 is 15.6 Å². The lowest BCUT2D eigenvalue weighted by Gasteiger charge is -2.12. The number of hydrogen-bond donors (Lipinski definition) is 2. The highest BCUT2D eigenvalue weighted by molar-refractivity contribution is 7.47. The quantitative estimate of drug-likeness (QED) is 0.0352. The highest BCUT2D eigenvalue weighted by atomic mass is 31.2. The molecule has 0 rings (SSSR count). The summed E-state index contributed by atoms with van der Waals surface area (Å²) < 4.78 is 44.3. The SMILES string of the molecule is CCCCCCCC/C=C\CCCCCCCCOP(=O)(O)OCCCCCCCC/C=C\CCCCCCCC.CCCCCCCCCCCCOP(=O)(O)OCCCCCCCCCCCC. The van der Waals surface area contributed by atoms with Gasteiger partial charge in [0.2, 0.25) is 0 Å². The summed E-state index contributed by atoms with van der Waals surface area (Å²) in [7, 11) is -7.73. The van der Waals surface area contributed by atoms with Crippen molar-refractivity contribution in [3.05, 3.63) is 24.3 Å². The number of allylic oxidation sites excluding steroid dienone is 4. The molecular weight excluding hydrogens is 911 g/mol. The van der Waals surface area contributed by atoms with E-state index in [1.54, 1.807) is 0 Å². The summed E-state index contributed by atoms with van der Waals surface area (Å²) in [5.41, 5.74) is 0. The van der Waals surface area contributed by atoms with Crippen molar-refractivity contribution in [2.45, 2.75) is 336 Å². The van der Waals surface area contributed by atoms with Gasteiger partial charge in [0.25, 0.3) is 0 Å². The highest BCUT2D eigenvalue weighted by Gasteiger charge is 2.21. The predicted molar refractivity (Wildman–Crippen MR) is 306 cm³/mol. The monoisotopic (exact) mass is 1030 g/mol. The summed E-state index contributed by atoms with van der Waals surface area (Å²) in [6.07, 6.45) is 69.1. The first-order valence-corrected chi connectivity index (χ1v) is 33.8. The van der Waals surface area contributed by atoms with Gasteiger partial charge in [-0.25, -0.2) is 9.13 Å². The zero-order chi connectivity index (χ0) is 51.4. The Hall–Kier alpha value is -0.300. The molecule has 0 aromatic carbocycles. The van der Waals surface area contributed by atoms with Crippen LogP contribution >= 0.6 is 15.6 Å². The lowest BCUT2D eigenvalue weighted by molar-refractivity contribution is 0.144. The Bertz CT molecular complexity index is 1060. The van der Waals surface area contributed by atoms with Gasteiger partial charge in [-0.3, -0.25) is 18.1 Å². The number of phosphoric acid groups is 2. The van der Waals surface area contributed by atoms with Crippen LogP contribution in [-0.4, -0.2) is 36.2 Å². The van der Waals surface area contributed by atoms with Crippen LogP contribution in [0.1, 0.15) is 336 Å². The second kappa shape index (κ2) is 61.2. The van der Waals surface area contributed by atoms with Crippen molar-refractivity contribution in [1.29, 1.82) is 0 Å². The molecule has 0 amide bonds. The van der Waals surface area contributed by atoms with Gasteiger partial charge in [-0.15, -0.1) is 0 Å². The molecule has 10 heteroatoms. The normalized spacial score (nSPS) is 12.2. The summed E-state index contributed by atoms with van der Waals surface area (Å²) in [6.45, 7) is 10.3. The molecule has 0 aliphatic rings. The minimum absolute atomic E-state index is 0.308. The number of rotatable bonds is 58. The standard InChI is InChI=1S/C36H71O4P.C24H51O4P/c1-3-5-7-9-11-13-15-17-19-21-23-25-27-29-31-33-35-39-41(37,38)40-36-34-32-30-28-26-24-22-20-18-16-14-12-10-8-6-4-2;1-3-5-7-9-11-13-15-17-19-21-23-27-29(25,26)28-24-22-20-18-16-14-12-10-8-6-4-2/h17-20H,3-16,21-36H2,1-2H3,(H,37,38);3-24H2,1-2H3,(H,25,26)/b19-17-,20-18-;. The molecule has 0 heterocycles. The molecule has 0 aliphatic heterocycles. The van der Waals surface area contributed by atoms with E-state index in [4.69, 9.17) is 18.1 Å². The van der Waals surface area contributed by atoms with E-state index in [2.05, 4.69) is 52.0 Å². The Kier molecular flexibility index (Phi) is 62.8. The van der Waals surface area contributed by atoms with Crippen molar-refractivity contribution in [3.63, 3.8) is 0 Å². The van der Waals surface area contributed by atoms with Crippen molar-refractivity contribution in [1.82, 2.24) is 0 Å². The van der Waals surface area contributed by atoms with Gasteiger partial charge in [0, 0.05) is 0 Å². The summed E-state index contributed by atoms with van der Waals surface area (Å²) in [5, 5.41) is 0. The van der Waals surface area contributed by atoms with E-state index >= 15 is 0 Å². The van der Waals surface area contributed by atoms with Crippen LogP contribution in [0.25, 0.3) is 0 Å². The molecule has 420 valence electrons. The van der Waals surface area contributed by atoms with Crippen LogP contribution in [0.15, 0.2) is 24.3 Å². The average molecular weight is 1030 g/mol. The molecular formula is C60H122O8P2. The van der Waals surface area contributed by atoms with Crippen LogP contribution in [0.2, 0.25) is 0 Å². The first kappa shape index (κ1) is 71.8. The molecule has 0 saturated heterocycles. The van der Waals surface area contributed by atoms with Gasteiger partial charge in [-0.2, -0.15) is 0 Å². The fourth-order valence-electron chi connectivity index (χ4n) is 8.67. The van der Waals surface area contributed by atoms with Gasteiger partial charge in [0.05, 0.1) is 26.4 Å². The molecule has 0 radical (unpaired) electrons. The van der Waals surface area contributed by atoms with Crippen LogP contribution in [0.3, 0.4) is 0 Å². The number of hydrogen-bond acceptors (Lipinski definition) is 6. The lowest BCUT2D eigenvalue weighted by atomic mass is 10.1. The van der Waals surface area contributed by atoms with E-state index in [9.17, 15) is 18.9 Å². The maximum Gasteiger partial charge on any atom is 0.472 e. The Morgan fingerprint density at radius 3 is 0.557 bits per heavy atom. The van der Waals surface area contributed by atoms with E-state index in [0.29, 0.717) is 26.4 Å². The van der Waals surface area contributed by atoms with Gasteiger partial charge < -0.3 is 9.79 Å². The van der Waals surface area contributed by atoms with Gasteiger partial charge in [0.15, 0.2) is 0 Å². The molecule has 0 aromatic heterocycles. The van der Waals surface area contributed by atoms with Gasteiger partial charge in [-0.1, -0.05) is 283 Å². The maximum absolute atomic E-state index is 12.0. The third-order valence-corrected chi connectivity index (χ3v) is 15.4. The molecule has 0 saturated carbocycles. The lowest BCUT2D eigenvalue weighted by Crippen LogP contribution is -1.99. The van der Waals surface area contributed by atoms with E-state index in [-0.39, 0.29) is 0 Å². The molecule has 0 aromatic rings. The molecule has 2 N–H and O–H groups in total. The topological polar surface area (TPSA) is 112 Å². The second-order valence-corrected chi connectivity index (χ2v) is 23.4. The Labute approximate surface area is 437 Å². The van der Waals surface area contributed by atoms with Crippen LogP contribution in [0.5, 0.6) is 0 Å². The fraction of sp³-hybridized carbons (Fsp3) is 0.933. The van der Waals surface area contributed by atoms with Crippen LogP contribution in [0, 0.1) is 0 Å². The van der Waals surface area contributed by atoms with Crippen LogP contribution in [0.4, 0.5) is 0 Å². The van der Waals surface area contributed by atoms with Crippen molar-refractivity contribution in [2.24, 2.45) is 0 Å². The molecule has 0 bridgehead atoms. The molecule has 0 atom stereocenters. The number of phosphoric ester groups is 2. The van der Waals surface area contributed by atoms with Crippen molar-refractivity contribution in [2.75, 3.05) is 26.4 Å². The van der Waals surface area contributed by atoms with Crippen molar-refractivity contribution in [3.8, 4) is 0 Å². The maximum atomic E-state index is 12.0. The molecule has 0 aliphatic carbocycles. The van der Waals surface area contributed by atoms with E-state index in [1.807, 2.05) is 0 Å². The summed E-state index contributed by atoms with van der Waals surface area (Å²) in [4.78, 5) is 19.6. The molecule has 0 fully saturated rings. The summed E-state index contributed by atoms with van der Waals surface area (Å²) in [6, 6.07) is 0. The Balaban J connectivity index is 0. The zero-order valence-corrected chi connectivity index (χ0v) is 49.1. The third kappa shape index (κ3) is 65.7.